The van der Waals surface area contributed by atoms with Crippen LogP contribution in [-0.4, -0.2) is 23.9 Å². The molecule has 2 rings (SSSR count). The molecule has 18 heavy (non-hydrogen) atoms. The van der Waals surface area contributed by atoms with E-state index in [9.17, 15) is 8.42 Å². The maximum absolute atomic E-state index is 12.0. The van der Waals surface area contributed by atoms with Gasteiger partial charge in [0.1, 0.15) is 6.33 Å². The van der Waals surface area contributed by atoms with E-state index in [0.29, 0.717) is 12.2 Å². The zero-order valence-electron chi connectivity index (χ0n) is 10.3. The van der Waals surface area contributed by atoms with Crippen molar-refractivity contribution in [1.29, 1.82) is 0 Å². The summed E-state index contributed by atoms with van der Waals surface area (Å²) in [4.78, 5) is 3.91. The molecule has 0 saturated heterocycles. The second kappa shape index (κ2) is 4.91. The molecule has 0 aliphatic rings. The van der Waals surface area contributed by atoms with E-state index in [2.05, 4.69) is 9.71 Å². The molecule has 0 bridgehead atoms. The van der Waals surface area contributed by atoms with Crippen LogP contribution in [0.25, 0.3) is 11.3 Å². The van der Waals surface area contributed by atoms with Crippen molar-refractivity contribution >= 4 is 10.2 Å². The first-order chi connectivity index (χ1) is 8.54. The molecule has 0 unspecified atom stereocenters. The smallest absolute Gasteiger partial charge is 0.243 e. The predicted octanol–water partition coefficient (Wildman–Crippen LogP) is 1.56. The van der Waals surface area contributed by atoms with E-state index in [4.69, 9.17) is 0 Å². The van der Waals surface area contributed by atoms with Gasteiger partial charge in [-0.2, -0.15) is 13.1 Å². The van der Waals surface area contributed by atoms with Gasteiger partial charge in [0.05, 0.1) is 11.9 Å². The topological polar surface area (TPSA) is 64.0 Å². The highest BCUT2D eigenvalue weighted by Gasteiger charge is 2.16. The Bertz CT molecular complexity index is 630. The Balaban J connectivity index is 2.48. The van der Waals surface area contributed by atoms with Crippen LogP contribution in [0.4, 0.5) is 0 Å². The van der Waals surface area contributed by atoms with Crippen molar-refractivity contribution in [2.24, 2.45) is 0 Å². The second-order valence-corrected chi connectivity index (χ2v) is 5.58. The van der Waals surface area contributed by atoms with Crippen molar-refractivity contribution in [3.05, 3.63) is 42.4 Å². The van der Waals surface area contributed by atoms with Crippen LogP contribution in [0.5, 0.6) is 0 Å². The minimum absolute atomic E-state index is 0.341. The number of benzene rings is 1. The lowest BCUT2D eigenvalue weighted by atomic mass is 10.1. The van der Waals surface area contributed by atoms with Crippen LogP contribution in [-0.2, 0) is 10.2 Å². The lowest BCUT2D eigenvalue weighted by molar-refractivity contribution is 0.575. The Hall–Kier alpha value is -1.66. The van der Waals surface area contributed by atoms with Gasteiger partial charge in [-0.15, -0.1) is 0 Å². The summed E-state index contributed by atoms with van der Waals surface area (Å²) in [6, 6.07) is 7.63. The van der Waals surface area contributed by atoms with E-state index in [1.54, 1.807) is 13.1 Å². The van der Waals surface area contributed by atoms with Crippen LogP contribution >= 0.6 is 0 Å². The zero-order valence-corrected chi connectivity index (χ0v) is 11.1. The monoisotopic (exact) mass is 265 g/mol. The van der Waals surface area contributed by atoms with Crippen molar-refractivity contribution < 1.29 is 8.42 Å². The molecular weight excluding hydrogens is 250 g/mol. The van der Waals surface area contributed by atoms with Crippen LogP contribution in [0.15, 0.2) is 36.8 Å². The number of hydrogen-bond acceptors (Lipinski definition) is 3. The van der Waals surface area contributed by atoms with Gasteiger partial charge in [-0.25, -0.2) is 8.96 Å². The second-order valence-electron chi connectivity index (χ2n) is 3.94. The minimum Gasteiger partial charge on any atom is -0.243 e. The van der Waals surface area contributed by atoms with Crippen molar-refractivity contribution in [2.75, 3.05) is 6.54 Å². The van der Waals surface area contributed by atoms with E-state index < -0.39 is 10.2 Å². The first kappa shape index (κ1) is 12.8. The Morgan fingerprint density at radius 2 is 1.94 bits per heavy atom. The highest BCUT2D eigenvalue weighted by molar-refractivity contribution is 7.88. The third kappa shape index (κ3) is 2.44. The van der Waals surface area contributed by atoms with Crippen LogP contribution in [0, 0.1) is 6.92 Å². The summed E-state index contributed by atoms with van der Waals surface area (Å²) in [7, 11) is -3.55. The molecule has 0 radical (unpaired) electrons. The molecule has 0 fully saturated rings. The van der Waals surface area contributed by atoms with Crippen LogP contribution in [0.2, 0.25) is 0 Å². The summed E-state index contributed by atoms with van der Waals surface area (Å²) in [5.74, 6) is 0. The number of imidazole rings is 1. The van der Waals surface area contributed by atoms with Crippen molar-refractivity contribution in [2.45, 2.75) is 13.8 Å². The minimum atomic E-state index is -3.55. The molecule has 0 amide bonds. The summed E-state index contributed by atoms with van der Waals surface area (Å²) >= 11 is 0. The lowest BCUT2D eigenvalue weighted by Crippen LogP contribution is -2.29. The van der Waals surface area contributed by atoms with Gasteiger partial charge in [-0.3, -0.25) is 0 Å². The Kier molecular flexibility index (Phi) is 3.49. The Morgan fingerprint density at radius 1 is 1.28 bits per heavy atom. The van der Waals surface area contributed by atoms with Crippen molar-refractivity contribution in [1.82, 2.24) is 13.7 Å². The molecule has 0 aliphatic heterocycles. The van der Waals surface area contributed by atoms with Gasteiger partial charge in [0.15, 0.2) is 0 Å². The fraction of sp³-hybridized carbons (Fsp3) is 0.250. The summed E-state index contributed by atoms with van der Waals surface area (Å²) < 4.78 is 27.5. The summed E-state index contributed by atoms with van der Waals surface area (Å²) in [5, 5.41) is 0. The predicted molar refractivity (Wildman–Crippen MR) is 70.4 cm³/mol. The van der Waals surface area contributed by atoms with E-state index in [1.165, 1.54) is 6.33 Å². The number of hydrogen-bond donors (Lipinski definition) is 1. The Morgan fingerprint density at radius 3 is 2.56 bits per heavy atom. The third-order valence-corrected chi connectivity index (χ3v) is 4.00. The lowest BCUT2D eigenvalue weighted by Gasteiger charge is -2.09. The molecule has 96 valence electrons. The number of rotatable bonds is 4. The molecule has 0 aliphatic carbocycles. The van der Waals surface area contributed by atoms with Gasteiger partial charge < -0.3 is 0 Å². The highest BCUT2D eigenvalue weighted by atomic mass is 32.2. The zero-order chi connectivity index (χ0) is 13.2. The van der Waals surface area contributed by atoms with Gasteiger partial charge in [0, 0.05) is 12.1 Å². The highest BCUT2D eigenvalue weighted by Crippen LogP contribution is 2.20. The molecule has 0 spiro atoms. The van der Waals surface area contributed by atoms with Crippen molar-refractivity contribution in [3.8, 4) is 11.3 Å². The average Bonchev–Trinajstić information content (AvgIpc) is 2.79. The number of aromatic nitrogens is 2. The number of aryl methyl sites for hydroxylation is 1. The van der Waals surface area contributed by atoms with Crippen LogP contribution < -0.4 is 4.72 Å². The molecule has 1 aromatic heterocycles. The molecule has 2 aromatic rings. The maximum atomic E-state index is 12.0. The van der Waals surface area contributed by atoms with E-state index in [1.807, 2.05) is 31.2 Å². The molecule has 1 heterocycles. The molecule has 0 saturated carbocycles. The normalized spacial score (nSPS) is 11.7. The fourth-order valence-corrected chi connectivity index (χ4v) is 2.75. The van der Waals surface area contributed by atoms with Gasteiger partial charge in [-0.05, 0) is 6.92 Å². The van der Waals surface area contributed by atoms with E-state index in [-0.39, 0.29) is 0 Å². The number of nitrogens with zero attached hydrogens (tertiary/aromatic N) is 2. The van der Waals surface area contributed by atoms with E-state index >= 15 is 0 Å². The molecular formula is C12H15N3O2S. The van der Waals surface area contributed by atoms with Gasteiger partial charge in [0.2, 0.25) is 0 Å². The van der Waals surface area contributed by atoms with E-state index in [0.717, 1.165) is 15.1 Å². The van der Waals surface area contributed by atoms with Gasteiger partial charge in [-0.1, -0.05) is 36.8 Å². The maximum Gasteiger partial charge on any atom is 0.306 e. The summed E-state index contributed by atoms with van der Waals surface area (Å²) in [6.07, 6.45) is 2.84. The average molecular weight is 265 g/mol. The largest absolute Gasteiger partial charge is 0.306 e. The molecule has 1 N–H and O–H groups in total. The molecule has 6 heteroatoms. The fourth-order valence-electron chi connectivity index (χ4n) is 1.65. The summed E-state index contributed by atoms with van der Waals surface area (Å²) in [6.45, 7) is 4.06. The quantitative estimate of drug-likeness (QED) is 0.912. The molecule has 0 atom stereocenters. The standard InChI is InChI=1S/C12H15N3O2S/c1-3-14-18(16,17)15-9-13-8-12(15)11-6-4-10(2)5-7-11/h4-9,14H,3H2,1-2H3. The number of nitrogens with one attached hydrogen (secondary N) is 1. The first-order valence-electron chi connectivity index (χ1n) is 5.64. The Labute approximate surface area is 107 Å². The molecule has 5 nitrogen and oxygen atoms in total. The SMILES string of the molecule is CCNS(=O)(=O)n1cncc1-c1ccc(C)cc1. The molecule has 1 aromatic carbocycles. The van der Waals surface area contributed by atoms with Gasteiger partial charge in [0.25, 0.3) is 0 Å². The third-order valence-electron chi connectivity index (χ3n) is 2.54. The van der Waals surface area contributed by atoms with Crippen LogP contribution in [0.1, 0.15) is 12.5 Å². The van der Waals surface area contributed by atoms with Crippen LogP contribution in [0.3, 0.4) is 0 Å². The van der Waals surface area contributed by atoms with Gasteiger partial charge >= 0.3 is 10.2 Å². The summed E-state index contributed by atoms with van der Waals surface area (Å²) in [5.41, 5.74) is 2.50. The van der Waals surface area contributed by atoms with Crippen molar-refractivity contribution in [3.63, 3.8) is 0 Å². The first-order valence-corrected chi connectivity index (χ1v) is 7.08.